The van der Waals surface area contributed by atoms with Crippen LogP contribution in [0.5, 0.6) is 5.75 Å². The lowest BCUT2D eigenvalue weighted by Gasteiger charge is -2.07. The molecular formula is C12H13N3OS. The van der Waals surface area contributed by atoms with Gasteiger partial charge < -0.3 is 10.1 Å². The predicted molar refractivity (Wildman–Crippen MR) is 69.4 cm³/mol. The molecule has 2 aromatic rings. The van der Waals surface area contributed by atoms with Crippen molar-refractivity contribution in [2.75, 3.05) is 12.4 Å². The minimum Gasteiger partial charge on any atom is -0.497 e. The fraction of sp³-hybridized carbons (Fsp3) is 0.167. The van der Waals surface area contributed by atoms with E-state index in [-0.39, 0.29) is 0 Å². The quantitative estimate of drug-likeness (QED) is 0.882. The molecule has 88 valence electrons. The van der Waals surface area contributed by atoms with E-state index in [2.05, 4.69) is 22.1 Å². The van der Waals surface area contributed by atoms with Crippen molar-refractivity contribution in [2.24, 2.45) is 0 Å². The third-order valence-electron chi connectivity index (χ3n) is 2.22. The molecule has 0 saturated carbocycles. The Labute approximate surface area is 104 Å². The number of rotatable bonds is 5. The number of methoxy groups -OCH3 is 1. The topological polar surface area (TPSA) is 47.0 Å². The number of nitrogens with zero attached hydrogens (tertiary/aromatic N) is 2. The summed E-state index contributed by atoms with van der Waals surface area (Å²) < 4.78 is 5.10. The lowest BCUT2D eigenvalue weighted by atomic mass is 10.1. The van der Waals surface area contributed by atoms with Crippen LogP contribution in [0.15, 0.2) is 42.1 Å². The first kappa shape index (κ1) is 11.6. The summed E-state index contributed by atoms with van der Waals surface area (Å²) in [6.07, 6.45) is 0.754. The van der Waals surface area contributed by atoms with Gasteiger partial charge in [0.05, 0.1) is 7.11 Å². The molecule has 5 heteroatoms. The summed E-state index contributed by atoms with van der Waals surface area (Å²) in [5.41, 5.74) is 3.75. The first-order chi connectivity index (χ1) is 8.28. The van der Waals surface area contributed by atoms with Crippen molar-refractivity contribution >= 4 is 16.5 Å². The normalized spacial score (nSPS) is 9.94. The molecule has 1 N–H and O–H groups in total. The number of hydrogen-bond donors (Lipinski definition) is 1. The highest BCUT2D eigenvalue weighted by Gasteiger charge is 2.01. The number of nitrogens with one attached hydrogen (secondary N) is 1. The van der Waals surface area contributed by atoms with E-state index in [0.29, 0.717) is 0 Å². The second-order valence-corrected chi connectivity index (χ2v) is 4.33. The SMILES string of the molecule is C=C(Cc1ccc(OC)cc1)Nc1nncs1. The van der Waals surface area contributed by atoms with E-state index in [1.54, 1.807) is 12.6 Å². The van der Waals surface area contributed by atoms with E-state index in [1.807, 2.05) is 24.3 Å². The smallest absolute Gasteiger partial charge is 0.209 e. The van der Waals surface area contributed by atoms with Crippen LogP contribution in [-0.4, -0.2) is 17.3 Å². The van der Waals surface area contributed by atoms with E-state index in [9.17, 15) is 0 Å². The number of allylic oxidation sites excluding steroid dienone is 1. The molecule has 0 unspecified atom stereocenters. The van der Waals surface area contributed by atoms with Gasteiger partial charge in [-0.2, -0.15) is 0 Å². The van der Waals surface area contributed by atoms with Crippen molar-refractivity contribution in [1.29, 1.82) is 0 Å². The second kappa shape index (κ2) is 5.45. The number of ether oxygens (including phenoxy) is 1. The Morgan fingerprint density at radius 2 is 2.18 bits per heavy atom. The molecule has 0 amide bonds. The number of benzene rings is 1. The highest BCUT2D eigenvalue weighted by Crippen LogP contribution is 2.16. The summed E-state index contributed by atoms with van der Waals surface area (Å²) in [5, 5.41) is 11.5. The predicted octanol–water partition coefficient (Wildman–Crippen LogP) is 2.72. The number of hydrogen-bond acceptors (Lipinski definition) is 5. The Morgan fingerprint density at radius 1 is 1.41 bits per heavy atom. The van der Waals surface area contributed by atoms with Crippen molar-refractivity contribution in [3.05, 3.63) is 47.6 Å². The average Bonchev–Trinajstić information content (AvgIpc) is 2.82. The summed E-state index contributed by atoms with van der Waals surface area (Å²) >= 11 is 1.45. The molecule has 1 aromatic heterocycles. The van der Waals surface area contributed by atoms with Crippen LogP contribution in [0.3, 0.4) is 0 Å². The minimum atomic E-state index is 0.754. The first-order valence-corrected chi connectivity index (χ1v) is 6.00. The van der Waals surface area contributed by atoms with E-state index in [0.717, 1.165) is 23.0 Å². The van der Waals surface area contributed by atoms with Crippen LogP contribution < -0.4 is 10.1 Å². The molecule has 0 radical (unpaired) electrons. The summed E-state index contributed by atoms with van der Waals surface area (Å²) in [6.45, 7) is 3.96. The van der Waals surface area contributed by atoms with Crippen LogP contribution in [0.2, 0.25) is 0 Å². The van der Waals surface area contributed by atoms with E-state index < -0.39 is 0 Å². The van der Waals surface area contributed by atoms with Gasteiger partial charge in [0.1, 0.15) is 11.3 Å². The molecule has 0 fully saturated rings. The standard InChI is InChI=1S/C12H13N3OS/c1-9(14-12-15-13-8-17-12)7-10-3-5-11(16-2)6-4-10/h3-6,8H,1,7H2,2H3,(H,14,15). The third-order valence-corrected chi connectivity index (χ3v) is 2.83. The van der Waals surface area contributed by atoms with Crippen molar-refractivity contribution in [3.63, 3.8) is 0 Å². The molecule has 1 heterocycles. The van der Waals surface area contributed by atoms with E-state index >= 15 is 0 Å². The van der Waals surface area contributed by atoms with Gasteiger partial charge in [-0.15, -0.1) is 10.2 Å². The molecule has 1 aromatic carbocycles. The van der Waals surface area contributed by atoms with Crippen LogP contribution in [-0.2, 0) is 6.42 Å². The van der Waals surface area contributed by atoms with Gasteiger partial charge in [0.25, 0.3) is 0 Å². The largest absolute Gasteiger partial charge is 0.497 e. The first-order valence-electron chi connectivity index (χ1n) is 5.12. The summed E-state index contributed by atoms with van der Waals surface area (Å²) in [5.74, 6) is 0.858. The van der Waals surface area contributed by atoms with Gasteiger partial charge in [-0.3, -0.25) is 0 Å². The zero-order valence-electron chi connectivity index (χ0n) is 9.51. The Morgan fingerprint density at radius 3 is 2.76 bits per heavy atom. The summed E-state index contributed by atoms with van der Waals surface area (Å²) in [4.78, 5) is 0. The Kier molecular flexibility index (Phi) is 3.72. The highest BCUT2D eigenvalue weighted by atomic mass is 32.1. The maximum absolute atomic E-state index is 5.10. The van der Waals surface area contributed by atoms with E-state index in [4.69, 9.17) is 4.74 Å². The third kappa shape index (κ3) is 3.29. The molecule has 0 aliphatic carbocycles. The van der Waals surface area contributed by atoms with Crippen LogP contribution in [0.4, 0.5) is 5.13 Å². The molecule has 0 atom stereocenters. The minimum absolute atomic E-state index is 0.754. The van der Waals surface area contributed by atoms with Crippen molar-refractivity contribution in [3.8, 4) is 5.75 Å². The van der Waals surface area contributed by atoms with Crippen LogP contribution in [0.25, 0.3) is 0 Å². The fourth-order valence-electron chi connectivity index (χ4n) is 1.41. The maximum Gasteiger partial charge on any atom is 0.209 e. The Bertz CT molecular complexity index is 479. The van der Waals surface area contributed by atoms with Crippen molar-refractivity contribution < 1.29 is 4.74 Å². The van der Waals surface area contributed by atoms with Gasteiger partial charge >= 0.3 is 0 Å². The lowest BCUT2D eigenvalue weighted by Crippen LogP contribution is -2.01. The molecule has 0 aliphatic heterocycles. The highest BCUT2D eigenvalue weighted by molar-refractivity contribution is 7.13. The zero-order valence-corrected chi connectivity index (χ0v) is 10.3. The van der Waals surface area contributed by atoms with E-state index in [1.165, 1.54) is 16.9 Å². The maximum atomic E-state index is 5.10. The molecule has 2 rings (SSSR count). The summed E-state index contributed by atoms with van der Waals surface area (Å²) in [6, 6.07) is 7.92. The zero-order chi connectivity index (χ0) is 12.1. The number of aromatic nitrogens is 2. The molecule has 0 spiro atoms. The molecular weight excluding hydrogens is 234 g/mol. The molecule has 0 bridgehead atoms. The van der Waals surface area contributed by atoms with Gasteiger partial charge in [0.2, 0.25) is 5.13 Å². The van der Waals surface area contributed by atoms with Gasteiger partial charge in [-0.05, 0) is 17.7 Å². The summed E-state index contributed by atoms with van der Waals surface area (Å²) in [7, 11) is 1.66. The Balaban J connectivity index is 1.93. The average molecular weight is 247 g/mol. The van der Waals surface area contributed by atoms with Crippen molar-refractivity contribution in [1.82, 2.24) is 10.2 Å². The molecule has 4 nitrogen and oxygen atoms in total. The van der Waals surface area contributed by atoms with Gasteiger partial charge in [0, 0.05) is 12.1 Å². The lowest BCUT2D eigenvalue weighted by molar-refractivity contribution is 0.414. The molecule has 0 saturated heterocycles. The molecule has 0 aliphatic rings. The monoisotopic (exact) mass is 247 g/mol. The number of anilines is 1. The van der Waals surface area contributed by atoms with Gasteiger partial charge in [0.15, 0.2) is 0 Å². The van der Waals surface area contributed by atoms with Gasteiger partial charge in [-0.1, -0.05) is 30.0 Å². The molecule has 17 heavy (non-hydrogen) atoms. The van der Waals surface area contributed by atoms with Gasteiger partial charge in [-0.25, -0.2) is 0 Å². The fourth-order valence-corrected chi connectivity index (χ4v) is 1.90. The van der Waals surface area contributed by atoms with Crippen molar-refractivity contribution in [2.45, 2.75) is 6.42 Å². The van der Waals surface area contributed by atoms with Crippen LogP contribution in [0.1, 0.15) is 5.56 Å². The van der Waals surface area contributed by atoms with Crippen LogP contribution in [0, 0.1) is 0 Å². The van der Waals surface area contributed by atoms with Crippen LogP contribution >= 0.6 is 11.3 Å². The second-order valence-electron chi connectivity index (χ2n) is 3.50. The Hall–Kier alpha value is -1.88.